The molecule has 0 saturated carbocycles. The second-order valence-electron chi connectivity index (χ2n) is 7.10. The lowest BCUT2D eigenvalue weighted by Gasteiger charge is -2.12. The molecule has 0 aliphatic carbocycles. The third kappa shape index (κ3) is 4.24. The van der Waals surface area contributed by atoms with Crippen molar-refractivity contribution in [3.05, 3.63) is 94.8 Å². The highest BCUT2D eigenvalue weighted by Crippen LogP contribution is 2.18. The van der Waals surface area contributed by atoms with Gasteiger partial charge in [0.1, 0.15) is 22.8 Å². The summed E-state index contributed by atoms with van der Waals surface area (Å²) in [4.78, 5) is 37.9. The third-order valence-electron chi connectivity index (χ3n) is 4.91. The fourth-order valence-corrected chi connectivity index (χ4v) is 3.27. The molecule has 0 atom stereocenters. The van der Waals surface area contributed by atoms with Crippen molar-refractivity contribution < 1.29 is 9.53 Å². The van der Waals surface area contributed by atoms with Crippen LogP contribution in [0.4, 0.5) is 5.69 Å². The van der Waals surface area contributed by atoms with Crippen LogP contribution in [0.25, 0.3) is 16.9 Å². The Morgan fingerprint density at radius 1 is 1.12 bits per heavy atom. The highest BCUT2D eigenvalue weighted by Gasteiger charge is 2.13. The van der Waals surface area contributed by atoms with E-state index in [1.807, 2.05) is 24.3 Å². The van der Waals surface area contributed by atoms with Crippen LogP contribution in [-0.2, 0) is 11.2 Å². The molecule has 2 aromatic carbocycles. The Bertz CT molecular complexity index is 1360. The minimum Gasteiger partial charge on any atom is -0.497 e. The van der Waals surface area contributed by atoms with Crippen molar-refractivity contribution in [2.75, 3.05) is 12.4 Å². The van der Waals surface area contributed by atoms with E-state index < -0.39 is 0 Å². The molecule has 0 saturated heterocycles. The molecule has 0 radical (unpaired) electrons. The standard InChI is InChI=1S/C24H21N5O3/c1-4-22(30)27-17-7-9-18(10-8-17)29-23-20(26-15(2)24(29)31)14-25-21(28-23)13-16-5-11-19(32-3)12-6-16/h4-12,14H,1,13H2,2-3H3,(H,27,30). The molecule has 2 aromatic heterocycles. The number of carbonyl (C=O) groups is 1. The lowest BCUT2D eigenvalue weighted by Crippen LogP contribution is -2.24. The van der Waals surface area contributed by atoms with E-state index in [0.29, 0.717) is 40.5 Å². The Hall–Kier alpha value is -4.33. The van der Waals surface area contributed by atoms with Crippen LogP contribution in [0.15, 0.2) is 72.2 Å². The van der Waals surface area contributed by atoms with E-state index >= 15 is 0 Å². The number of hydrogen-bond acceptors (Lipinski definition) is 6. The molecular formula is C24H21N5O3. The zero-order valence-electron chi connectivity index (χ0n) is 17.7. The average Bonchev–Trinajstić information content (AvgIpc) is 2.81. The van der Waals surface area contributed by atoms with Crippen molar-refractivity contribution in [1.29, 1.82) is 0 Å². The number of nitrogens with zero attached hydrogens (tertiary/aromatic N) is 4. The summed E-state index contributed by atoms with van der Waals surface area (Å²) < 4.78 is 6.71. The second-order valence-corrected chi connectivity index (χ2v) is 7.10. The first kappa shape index (κ1) is 20.9. The fraction of sp³-hybridized carbons (Fsp3) is 0.125. The van der Waals surface area contributed by atoms with Gasteiger partial charge in [0, 0.05) is 12.1 Å². The number of methoxy groups -OCH3 is 1. The summed E-state index contributed by atoms with van der Waals surface area (Å²) in [7, 11) is 1.62. The van der Waals surface area contributed by atoms with Crippen LogP contribution in [-0.4, -0.2) is 32.5 Å². The lowest BCUT2D eigenvalue weighted by atomic mass is 10.1. The van der Waals surface area contributed by atoms with Crippen molar-refractivity contribution in [1.82, 2.24) is 19.5 Å². The predicted molar refractivity (Wildman–Crippen MR) is 122 cm³/mol. The molecule has 0 unspecified atom stereocenters. The lowest BCUT2D eigenvalue weighted by molar-refractivity contribution is -0.111. The molecule has 1 N–H and O–H groups in total. The van der Waals surface area contributed by atoms with Crippen molar-refractivity contribution >= 4 is 22.8 Å². The van der Waals surface area contributed by atoms with Gasteiger partial charge in [-0.15, -0.1) is 0 Å². The molecule has 1 amide bonds. The van der Waals surface area contributed by atoms with Gasteiger partial charge in [-0.05, 0) is 55.0 Å². The Kier molecular flexibility index (Phi) is 5.76. The molecule has 4 rings (SSSR count). The van der Waals surface area contributed by atoms with Gasteiger partial charge in [-0.25, -0.2) is 15.0 Å². The van der Waals surface area contributed by atoms with Crippen LogP contribution in [0, 0.1) is 6.92 Å². The van der Waals surface area contributed by atoms with E-state index in [-0.39, 0.29) is 11.5 Å². The van der Waals surface area contributed by atoms with Crippen molar-refractivity contribution in [3.63, 3.8) is 0 Å². The monoisotopic (exact) mass is 427 g/mol. The first-order valence-electron chi connectivity index (χ1n) is 9.90. The van der Waals surface area contributed by atoms with Gasteiger partial charge in [0.05, 0.1) is 19.0 Å². The number of fused-ring (bicyclic) bond motifs is 1. The van der Waals surface area contributed by atoms with Gasteiger partial charge in [-0.3, -0.25) is 14.2 Å². The van der Waals surface area contributed by atoms with Gasteiger partial charge in [0.15, 0.2) is 5.65 Å². The normalized spacial score (nSPS) is 10.7. The van der Waals surface area contributed by atoms with Crippen LogP contribution in [0.5, 0.6) is 5.75 Å². The van der Waals surface area contributed by atoms with Crippen LogP contribution in [0.1, 0.15) is 17.1 Å². The topological polar surface area (TPSA) is 99.0 Å². The van der Waals surface area contributed by atoms with Gasteiger partial charge >= 0.3 is 0 Å². The van der Waals surface area contributed by atoms with Gasteiger partial charge in [-0.1, -0.05) is 18.7 Å². The third-order valence-corrected chi connectivity index (χ3v) is 4.91. The van der Waals surface area contributed by atoms with E-state index in [9.17, 15) is 9.59 Å². The fourth-order valence-electron chi connectivity index (χ4n) is 3.27. The molecule has 2 heterocycles. The molecular weight excluding hydrogens is 406 g/mol. The molecule has 0 bridgehead atoms. The minimum absolute atomic E-state index is 0.269. The molecule has 0 aliphatic rings. The number of ether oxygens (including phenoxy) is 1. The van der Waals surface area contributed by atoms with Crippen LogP contribution < -0.4 is 15.6 Å². The number of rotatable bonds is 6. The zero-order valence-corrected chi connectivity index (χ0v) is 17.7. The van der Waals surface area contributed by atoms with Gasteiger partial charge < -0.3 is 10.1 Å². The van der Waals surface area contributed by atoms with Crippen molar-refractivity contribution in [2.24, 2.45) is 0 Å². The summed E-state index contributed by atoms with van der Waals surface area (Å²) in [5.74, 6) is 1.03. The van der Waals surface area contributed by atoms with E-state index in [1.54, 1.807) is 44.5 Å². The average molecular weight is 427 g/mol. The Balaban J connectivity index is 1.76. The van der Waals surface area contributed by atoms with E-state index in [0.717, 1.165) is 11.3 Å². The summed E-state index contributed by atoms with van der Waals surface area (Å²) in [6.07, 6.45) is 3.32. The van der Waals surface area contributed by atoms with E-state index in [4.69, 9.17) is 4.74 Å². The number of benzene rings is 2. The van der Waals surface area contributed by atoms with Crippen LogP contribution in [0.2, 0.25) is 0 Å². The summed E-state index contributed by atoms with van der Waals surface area (Å²) in [6.45, 7) is 5.09. The number of carbonyl (C=O) groups excluding carboxylic acids is 1. The maximum atomic E-state index is 13.0. The van der Waals surface area contributed by atoms with Gasteiger partial charge in [0.25, 0.3) is 5.56 Å². The Labute approximate surface area is 184 Å². The Morgan fingerprint density at radius 3 is 2.50 bits per heavy atom. The van der Waals surface area contributed by atoms with Crippen LogP contribution >= 0.6 is 0 Å². The number of amides is 1. The number of nitrogens with one attached hydrogen (secondary N) is 1. The number of anilines is 1. The molecule has 160 valence electrons. The molecule has 0 aliphatic heterocycles. The highest BCUT2D eigenvalue weighted by atomic mass is 16.5. The molecule has 0 fully saturated rings. The predicted octanol–water partition coefficient (Wildman–Crippen LogP) is 3.21. The summed E-state index contributed by atoms with van der Waals surface area (Å²) in [5, 5.41) is 2.69. The van der Waals surface area contributed by atoms with E-state index in [1.165, 1.54) is 10.6 Å². The summed E-state index contributed by atoms with van der Waals surface area (Å²) in [5.41, 5.74) is 3.23. The molecule has 0 spiro atoms. The first-order chi connectivity index (χ1) is 15.5. The number of hydrogen-bond donors (Lipinski definition) is 1. The van der Waals surface area contributed by atoms with Crippen molar-refractivity contribution in [3.8, 4) is 11.4 Å². The SMILES string of the molecule is C=CC(=O)Nc1ccc(-n2c(=O)c(C)nc3cnc(Cc4ccc(OC)cc4)nc32)cc1. The largest absolute Gasteiger partial charge is 0.497 e. The maximum Gasteiger partial charge on any atom is 0.278 e. The van der Waals surface area contributed by atoms with Gasteiger partial charge in [0.2, 0.25) is 5.91 Å². The number of aryl methyl sites for hydroxylation is 1. The van der Waals surface area contributed by atoms with Gasteiger partial charge in [-0.2, -0.15) is 0 Å². The van der Waals surface area contributed by atoms with Crippen molar-refractivity contribution in [2.45, 2.75) is 13.3 Å². The minimum atomic E-state index is -0.309. The molecule has 4 aromatic rings. The molecule has 8 nitrogen and oxygen atoms in total. The maximum absolute atomic E-state index is 13.0. The quantitative estimate of drug-likeness (QED) is 0.475. The molecule has 8 heteroatoms. The second kappa shape index (κ2) is 8.81. The van der Waals surface area contributed by atoms with Crippen LogP contribution in [0.3, 0.4) is 0 Å². The highest BCUT2D eigenvalue weighted by molar-refractivity contribution is 5.98. The van der Waals surface area contributed by atoms with E-state index in [2.05, 4.69) is 26.8 Å². The summed E-state index contributed by atoms with van der Waals surface area (Å²) >= 11 is 0. The first-order valence-corrected chi connectivity index (χ1v) is 9.90. The Morgan fingerprint density at radius 2 is 1.84 bits per heavy atom. The summed E-state index contributed by atoms with van der Waals surface area (Å²) in [6, 6.07) is 14.6. The smallest absolute Gasteiger partial charge is 0.278 e. The zero-order chi connectivity index (χ0) is 22.7. The number of aromatic nitrogens is 4. The molecule has 32 heavy (non-hydrogen) atoms.